The first-order valence-electron chi connectivity index (χ1n) is 4.22. The number of hydrogen-bond acceptors (Lipinski definition) is 2. The van der Waals surface area contributed by atoms with Crippen LogP contribution in [0.3, 0.4) is 0 Å². The Morgan fingerprint density at radius 1 is 1.43 bits per heavy atom. The Kier molecular flexibility index (Phi) is 2.33. The number of nitrogens with zero attached hydrogens (tertiary/aromatic N) is 1. The third kappa shape index (κ3) is 1.44. The highest BCUT2D eigenvalue weighted by Gasteiger charge is 2.03. The molecule has 1 aromatic carbocycles. The Hall–Kier alpha value is -1.22. The van der Waals surface area contributed by atoms with Crippen LogP contribution in [0.2, 0.25) is 0 Å². The van der Waals surface area contributed by atoms with Gasteiger partial charge in [-0.25, -0.2) is 0 Å². The summed E-state index contributed by atoms with van der Waals surface area (Å²) in [5.74, 6) is 0. The van der Waals surface area contributed by atoms with Gasteiger partial charge in [-0.3, -0.25) is 9.78 Å². The Labute approximate surface area is 90.1 Å². The zero-order valence-corrected chi connectivity index (χ0v) is 9.21. The fourth-order valence-electron chi connectivity index (χ4n) is 1.44. The maximum absolute atomic E-state index is 10.7. The van der Waals surface area contributed by atoms with Gasteiger partial charge in [0.05, 0.1) is 5.52 Å². The van der Waals surface area contributed by atoms with Crippen LogP contribution in [0.25, 0.3) is 10.9 Å². The van der Waals surface area contributed by atoms with E-state index in [0.717, 1.165) is 27.2 Å². The van der Waals surface area contributed by atoms with Crippen LogP contribution in [0.5, 0.6) is 0 Å². The normalized spacial score (nSPS) is 10.4. The molecule has 1 aromatic heterocycles. The summed E-state index contributed by atoms with van der Waals surface area (Å²) >= 11 is 3.38. The van der Waals surface area contributed by atoms with E-state index >= 15 is 0 Å². The summed E-state index contributed by atoms with van der Waals surface area (Å²) in [6.07, 6.45) is 2.45. The molecule has 0 aliphatic rings. The minimum absolute atomic E-state index is 0.653. The van der Waals surface area contributed by atoms with Crippen molar-refractivity contribution in [1.29, 1.82) is 0 Å². The summed E-state index contributed by atoms with van der Waals surface area (Å²) < 4.78 is 0.996. The first kappa shape index (κ1) is 9.34. The highest BCUT2D eigenvalue weighted by molar-refractivity contribution is 9.10. The van der Waals surface area contributed by atoms with Crippen LogP contribution < -0.4 is 0 Å². The summed E-state index contributed by atoms with van der Waals surface area (Å²) in [6.45, 7) is 1.93. The van der Waals surface area contributed by atoms with Crippen molar-refractivity contribution in [2.75, 3.05) is 0 Å². The molecule has 0 bridgehead atoms. The van der Waals surface area contributed by atoms with Gasteiger partial charge in [-0.1, -0.05) is 22.0 Å². The predicted molar refractivity (Wildman–Crippen MR) is 59.6 cm³/mol. The number of hydrogen-bond donors (Lipinski definition) is 0. The molecule has 0 saturated heterocycles. The monoisotopic (exact) mass is 249 g/mol. The average molecular weight is 250 g/mol. The molecule has 0 radical (unpaired) electrons. The third-order valence-electron chi connectivity index (χ3n) is 2.27. The van der Waals surface area contributed by atoms with Gasteiger partial charge in [-0.05, 0) is 24.6 Å². The second kappa shape index (κ2) is 3.50. The van der Waals surface area contributed by atoms with Crippen molar-refractivity contribution in [2.45, 2.75) is 6.92 Å². The smallest absolute Gasteiger partial charge is 0.151 e. The molecule has 0 atom stereocenters. The van der Waals surface area contributed by atoms with Crippen molar-refractivity contribution in [3.05, 3.63) is 40.0 Å². The SMILES string of the molecule is Cc1c(C=O)cnc2cc(Br)ccc12. The van der Waals surface area contributed by atoms with E-state index < -0.39 is 0 Å². The number of carbonyl (C=O) groups is 1. The number of rotatable bonds is 1. The number of fused-ring (bicyclic) bond motifs is 1. The lowest BCUT2D eigenvalue weighted by Crippen LogP contribution is -1.90. The van der Waals surface area contributed by atoms with Gasteiger partial charge in [0.1, 0.15) is 0 Å². The van der Waals surface area contributed by atoms with Crippen LogP contribution >= 0.6 is 15.9 Å². The molecule has 70 valence electrons. The van der Waals surface area contributed by atoms with E-state index in [2.05, 4.69) is 20.9 Å². The minimum Gasteiger partial charge on any atom is -0.298 e. The van der Waals surface area contributed by atoms with Crippen LogP contribution in [-0.4, -0.2) is 11.3 Å². The van der Waals surface area contributed by atoms with Crippen molar-refractivity contribution in [1.82, 2.24) is 4.98 Å². The van der Waals surface area contributed by atoms with E-state index in [-0.39, 0.29) is 0 Å². The molecular weight excluding hydrogens is 242 g/mol. The molecule has 14 heavy (non-hydrogen) atoms. The van der Waals surface area contributed by atoms with Crippen LogP contribution in [0.1, 0.15) is 15.9 Å². The minimum atomic E-state index is 0.653. The second-order valence-corrected chi connectivity index (χ2v) is 4.03. The van der Waals surface area contributed by atoms with Gasteiger partial charge in [-0.15, -0.1) is 0 Å². The third-order valence-corrected chi connectivity index (χ3v) is 2.76. The summed E-state index contributed by atoms with van der Waals surface area (Å²) in [7, 11) is 0. The van der Waals surface area contributed by atoms with Gasteiger partial charge in [0.25, 0.3) is 0 Å². The zero-order chi connectivity index (χ0) is 10.1. The summed E-state index contributed by atoms with van der Waals surface area (Å²) in [4.78, 5) is 14.9. The molecule has 0 amide bonds. The van der Waals surface area contributed by atoms with Crippen molar-refractivity contribution in [3.63, 3.8) is 0 Å². The number of benzene rings is 1. The fourth-order valence-corrected chi connectivity index (χ4v) is 1.79. The van der Waals surface area contributed by atoms with Crippen molar-refractivity contribution in [2.24, 2.45) is 0 Å². The molecule has 0 N–H and O–H groups in total. The van der Waals surface area contributed by atoms with Gasteiger partial charge >= 0.3 is 0 Å². The van der Waals surface area contributed by atoms with Gasteiger partial charge in [0.15, 0.2) is 6.29 Å². The molecule has 0 fully saturated rings. The largest absolute Gasteiger partial charge is 0.298 e. The lowest BCUT2D eigenvalue weighted by atomic mass is 10.1. The number of aromatic nitrogens is 1. The molecule has 3 heteroatoms. The maximum Gasteiger partial charge on any atom is 0.151 e. The van der Waals surface area contributed by atoms with Crippen LogP contribution in [0.15, 0.2) is 28.9 Å². The average Bonchev–Trinajstić information content (AvgIpc) is 2.18. The number of aldehydes is 1. The van der Waals surface area contributed by atoms with Gasteiger partial charge in [0, 0.05) is 21.6 Å². The molecule has 0 aliphatic carbocycles. The van der Waals surface area contributed by atoms with E-state index in [0.29, 0.717) is 5.56 Å². The van der Waals surface area contributed by atoms with E-state index in [1.165, 1.54) is 0 Å². The zero-order valence-electron chi connectivity index (χ0n) is 7.62. The van der Waals surface area contributed by atoms with E-state index in [4.69, 9.17) is 0 Å². The van der Waals surface area contributed by atoms with E-state index in [1.807, 2.05) is 25.1 Å². The molecule has 0 unspecified atom stereocenters. The Balaban J connectivity index is 2.83. The highest BCUT2D eigenvalue weighted by atomic mass is 79.9. The van der Waals surface area contributed by atoms with Crippen LogP contribution in [-0.2, 0) is 0 Å². The summed E-state index contributed by atoms with van der Waals surface area (Å²) in [5, 5.41) is 1.03. The molecule has 1 heterocycles. The van der Waals surface area contributed by atoms with Crippen LogP contribution in [0.4, 0.5) is 0 Å². The number of pyridine rings is 1. The van der Waals surface area contributed by atoms with E-state index in [9.17, 15) is 4.79 Å². The molecule has 2 rings (SSSR count). The molecule has 0 aliphatic heterocycles. The first-order valence-corrected chi connectivity index (χ1v) is 5.01. The standard InChI is InChI=1S/C11H8BrNO/c1-7-8(6-14)5-13-11-4-9(12)2-3-10(7)11/h2-6H,1H3. The fraction of sp³-hybridized carbons (Fsp3) is 0.0909. The van der Waals surface area contributed by atoms with Crippen molar-refractivity contribution in [3.8, 4) is 0 Å². The van der Waals surface area contributed by atoms with E-state index in [1.54, 1.807) is 6.20 Å². The Bertz CT molecular complexity index is 508. The quantitative estimate of drug-likeness (QED) is 0.728. The highest BCUT2D eigenvalue weighted by Crippen LogP contribution is 2.22. The number of carbonyl (C=O) groups excluding carboxylic acids is 1. The lowest BCUT2D eigenvalue weighted by Gasteiger charge is -2.03. The molecule has 2 aromatic rings. The van der Waals surface area contributed by atoms with Crippen molar-refractivity contribution >= 4 is 33.1 Å². The van der Waals surface area contributed by atoms with Gasteiger partial charge in [-0.2, -0.15) is 0 Å². The molecule has 0 spiro atoms. The van der Waals surface area contributed by atoms with Gasteiger partial charge < -0.3 is 0 Å². The second-order valence-electron chi connectivity index (χ2n) is 3.12. The Morgan fingerprint density at radius 3 is 2.93 bits per heavy atom. The molecular formula is C11H8BrNO. The molecule has 2 nitrogen and oxygen atoms in total. The summed E-state index contributed by atoms with van der Waals surface area (Å²) in [5.41, 5.74) is 2.54. The topological polar surface area (TPSA) is 30.0 Å². The molecule has 0 saturated carbocycles. The Morgan fingerprint density at radius 2 is 2.21 bits per heavy atom. The maximum atomic E-state index is 10.7. The van der Waals surface area contributed by atoms with Crippen molar-refractivity contribution < 1.29 is 4.79 Å². The first-order chi connectivity index (χ1) is 6.72. The number of aryl methyl sites for hydroxylation is 1. The van der Waals surface area contributed by atoms with Gasteiger partial charge in [0.2, 0.25) is 0 Å². The number of halogens is 1. The lowest BCUT2D eigenvalue weighted by molar-refractivity contribution is 0.112. The predicted octanol–water partition coefficient (Wildman–Crippen LogP) is 3.12. The van der Waals surface area contributed by atoms with Crippen LogP contribution in [0, 0.1) is 6.92 Å². The summed E-state index contributed by atoms with van der Waals surface area (Å²) in [6, 6.07) is 5.86.